The number of piperidine rings is 1. The van der Waals surface area contributed by atoms with E-state index in [1.165, 1.54) is 17.5 Å². The zero-order chi connectivity index (χ0) is 15.6. The van der Waals surface area contributed by atoms with Gasteiger partial charge in [0.25, 0.3) is 0 Å². The highest BCUT2D eigenvalue weighted by molar-refractivity contribution is 7.88. The van der Waals surface area contributed by atoms with Crippen LogP contribution in [0.25, 0.3) is 0 Å². The fourth-order valence-electron chi connectivity index (χ4n) is 3.50. The van der Waals surface area contributed by atoms with E-state index in [2.05, 4.69) is 34.5 Å². The minimum atomic E-state index is -3.06. The van der Waals surface area contributed by atoms with Crippen molar-refractivity contribution in [1.29, 1.82) is 0 Å². The van der Waals surface area contributed by atoms with Gasteiger partial charge in [0, 0.05) is 45.0 Å². The summed E-state index contributed by atoms with van der Waals surface area (Å²) in [5, 5.41) is 3.46. The Bertz CT molecular complexity index is 624. The summed E-state index contributed by atoms with van der Waals surface area (Å²) in [6, 6.07) is 8.51. The Morgan fingerprint density at radius 2 is 2.04 bits per heavy atom. The van der Waals surface area contributed by atoms with Crippen molar-refractivity contribution in [2.75, 3.05) is 43.9 Å². The molecule has 1 unspecified atom stereocenters. The summed E-state index contributed by atoms with van der Waals surface area (Å²) >= 11 is 0. The number of fused-ring (bicyclic) bond motifs is 1. The van der Waals surface area contributed by atoms with E-state index in [0.29, 0.717) is 19.0 Å². The molecule has 1 N–H and O–H groups in total. The summed E-state index contributed by atoms with van der Waals surface area (Å²) in [5.74, 6) is 0.412. The molecule has 0 amide bonds. The fourth-order valence-corrected chi connectivity index (χ4v) is 4.45. The maximum atomic E-state index is 11.8. The molecule has 0 radical (unpaired) electrons. The summed E-state index contributed by atoms with van der Waals surface area (Å²) in [4.78, 5) is 2.42. The van der Waals surface area contributed by atoms with Crippen molar-refractivity contribution in [2.24, 2.45) is 5.92 Å². The van der Waals surface area contributed by atoms with Gasteiger partial charge in [0.15, 0.2) is 0 Å². The molecule has 7 heteroatoms. The second kappa shape index (κ2) is 7.83. The van der Waals surface area contributed by atoms with Gasteiger partial charge >= 0.3 is 0 Å². The summed E-state index contributed by atoms with van der Waals surface area (Å²) in [5.41, 5.74) is 2.62. The van der Waals surface area contributed by atoms with E-state index in [1.807, 2.05) is 0 Å². The van der Waals surface area contributed by atoms with Gasteiger partial charge < -0.3 is 10.2 Å². The lowest BCUT2D eigenvalue weighted by Crippen LogP contribution is -2.44. The van der Waals surface area contributed by atoms with Gasteiger partial charge in [-0.05, 0) is 30.4 Å². The van der Waals surface area contributed by atoms with E-state index in [0.717, 1.165) is 39.0 Å². The molecule has 23 heavy (non-hydrogen) atoms. The molecule has 5 nitrogen and oxygen atoms in total. The first kappa shape index (κ1) is 18.5. The lowest BCUT2D eigenvalue weighted by atomic mass is 9.98. The third-order valence-electron chi connectivity index (χ3n) is 4.64. The number of sulfonamides is 1. The monoisotopic (exact) mass is 359 g/mol. The van der Waals surface area contributed by atoms with Crippen LogP contribution in [0, 0.1) is 5.92 Å². The average Bonchev–Trinajstić information content (AvgIpc) is 2.70. The van der Waals surface area contributed by atoms with Gasteiger partial charge in [-0.15, -0.1) is 12.4 Å². The Kier molecular flexibility index (Phi) is 6.31. The number of benzene rings is 1. The number of halogens is 1. The van der Waals surface area contributed by atoms with Crippen LogP contribution in [0.5, 0.6) is 0 Å². The smallest absolute Gasteiger partial charge is 0.211 e. The number of nitrogens with one attached hydrogen (secondary N) is 1. The molecule has 2 heterocycles. The van der Waals surface area contributed by atoms with E-state index in [-0.39, 0.29) is 12.4 Å². The molecule has 1 saturated heterocycles. The number of rotatable bonds is 3. The van der Waals surface area contributed by atoms with Crippen molar-refractivity contribution in [3.05, 3.63) is 29.8 Å². The van der Waals surface area contributed by atoms with Crippen molar-refractivity contribution in [3.63, 3.8) is 0 Å². The van der Waals surface area contributed by atoms with Crippen LogP contribution in [0.15, 0.2) is 24.3 Å². The van der Waals surface area contributed by atoms with E-state index < -0.39 is 10.0 Å². The molecule has 0 aromatic heterocycles. The first-order valence-electron chi connectivity index (χ1n) is 8.03. The zero-order valence-electron chi connectivity index (χ0n) is 13.6. The van der Waals surface area contributed by atoms with Gasteiger partial charge in [0.05, 0.1) is 6.26 Å². The summed E-state index contributed by atoms with van der Waals surface area (Å²) in [7, 11) is -3.06. The molecule has 2 aliphatic rings. The molecule has 1 fully saturated rings. The van der Waals surface area contributed by atoms with Gasteiger partial charge in [-0.1, -0.05) is 18.2 Å². The minimum absolute atomic E-state index is 0. The van der Waals surface area contributed by atoms with Crippen LogP contribution in [0.3, 0.4) is 0 Å². The second-order valence-electron chi connectivity index (χ2n) is 6.38. The highest BCUT2D eigenvalue weighted by Crippen LogP contribution is 2.26. The van der Waals surface area contributed by atoms with Gasteiger partial charge in [-0.3, -0.25) is 0 Å². The van der Waals surface area contributed by atoms with Gasteiger partial charge in [0.2, 0.25) is 10.0 Å². The predicted molar refractivity (Wildman–Crippen MR) is 96.8 cm³/mol. The van der Waals surface area contributed by atoms with Crippen LogP contribution in [0.1, 0.15) is 18.4 Å². The first-order valence-corrected chi connectivity index (χ1v) is 9.87. The van der Waals surface area contributed by atoms with Crippen molar-refractivity contribution < 1.29 is 8.42 Å². The molecule has 0 saturated carbocycles. The molecule has 2 aliphatic heterocycles. The Balaban J connectivity index is 0.00000192. The molecular formula is C16H26ClN3O2S. The van der Waals surface area contributed by atoms with Gasteiger partial charge in [0.1, 0.15) is 0 Å². The van der Waals surface area contributed by atoms with E-state index in [1.54, 1.807) is 4.31 Å². The largest absolute Gasteiger partial charge is 0.370 e. The number of hydrogen-bond acceptors (Lipinski definition) is 4. The molecular weight excluding hydrogens is 334 g/mol. The molecule has 0 bridgehead atoms. The van der Waals surface area contributed by atoms with Crippen LogP contribution in [0.2, 0.25) is 0 Å². The van der Waals surface area contributed by atoms with Gasteiger partial charge in [-0.25, -0.2) is 12.7 Å². The highest BCUT2D eigenvalue weighted by atomic mass is 35.5. The molecule has 1 aromatic carbocycles. The normalized spacial score (nSPS) is 22.8. The van der Waals surface area contributed by atoms with Crippen LogP contribution in [-0.4, -0.2) is 51.7 Å². The Labute approximate surface area is 145 Å². The van der Waals surface area contributed by atoms with Crippen molar-refractivity contribution in [1.82, 2.24) is 9.62 Å². The van der Waals surface area contributed by atoms with E-state index >= 15 is 0 Å². The van der Waals surface area contributed by atoms with E-state index in [9.17, 15) is 8.42 Å². The molecule has 0 spiro atoms. The Morgan fingerprint density at radius 1 is 1.26 bits per heavy atom. The lowest BCUT2D eigenvalue weighted by Gasteiger charge is -2.35. The number of para-hydroxylation sites is 1. The minimum Gasteiger partial charge on any atom is -0.370 e. The topological polar surface area (TPSA) is 52.7 Å². The molecule has 3 rings (SSSR count). The Hall–Kier alpha value is -0.820. The predicted octanol–water partition coefficient (Wildman–Crippen LogP) is 1.69. The van der Waals surface area contributed by atoms with E-state index in [4.69, 9.17) is 0 Å². The van der Waals surface area contributed by atoms with Crippen molar-refractivity contribution >= 4 is 28.1 Å². The standard InChI is InChI=1S/C16H25N3O2S.ClH/c1-22(20,21)19-9-4-5-14(13-19)12-18-10-8-17-11-15-6-2-3-7-16(15)18;/h2-3,6-7,14,17H,4-5,8-13H2,1H3;1H. The number of anilines is 1. The Morgan fingerprint density at radius 3 is 2.83 bits per heavy atom. The molecule has 130 valence electrons. The first-order chi connectivity index (χ1) is 10.5. The number of nitrogens with zero attached hydrogens (tertiary/aromatic N) is 2. The summed E-state index contributed by atoms with van der Waals surface area (Å²) in [6.07, 6.45) is 3.39. The second-order valence-corrected chi connectivity index (χ2v) is 8.36. The van der Waals surface area contributed by atoms with Crippen LogP contribution in [-0.2, 0) is 16.6 Å². The molecule has 1 aromatic rings. The van der Waals surface area contributed by atoms with Crippen LogP contribution < -0.4 is 10.2 Å². The maximum absolute atomic E-state index is 11.8. The highest BCUT2D eigenvalue weighted by Gasteiger charge is 2.28. The van der Waals surface area contributed by atoms with Crippen LogP contribution in [0.4, 0.5) is 5.69 Å². The quantitative estimate of drug-likeness (QED) is 0.892. The van der Waals surface area contributed by atoms with Gasteiger partial charge in [-0.2, -0.15) is 0 Å². The lowest BCUT2D eigenvalue weighted by molar-refractivity contribution is 0.269. The van der Waals surface area contributed by atoms with Crippen LogP contribution >= 0.6 is 12.4 Å². The SMILES string of the molecule is CS(=O)(=O)N1CCCC(CN2CCNCc3ccccc32)C1.Cl. The molecule has 0 aliphatic carbocycles. The molecule has 1 atom stereocenters. The van der Waals surface area contributed by atoms with Crippen molar-refractivity contribution in [2.45, 2.75) is 19.4 Å². The number of hydrogen-bond donors (Lipinski definition) is 1. The summed E-state index contributed by atoms with van der Waals surface area (Å²) < 4.78 is 25.2. The zero-order valence-corrected chi connectivity index (χ0v) is 15.2. The third kappa shape index (κ3) is 4.59. The average molecular weight is 360 g/mol. The maximum Gasteiger partial charge on any atom is 0.211 e. The van der Waals surface area contributed by atoms with Crippen molar-refractivity contribution in [3.8, 4) is 0 Å². The summed E-state index contributed by atoms with van der Waals surface area (Å²) in [6.45, 7) is 5.12. The third-order valence-corrected chi connectivity index (χ3v) is 5.91. The fraction of sp³-hybridized carbons (Fsp3) is 0.625.